The van der Waals surface area contributed by atoms with Gasteiger partial charge in [0.25, 0.3) is 0 Å². The van der Waals surface area contributed by atoms with Crippen LogP contribution in [-0.4, -0.2) is 9.38 Å². The summed E-state index contributed by atoms with van der Waals surface area (Å²) in [7, 11) is 0. The molecule has 2 heterocycles. The third-order valence-corrected chi connectivity index (χ3v) is 7.04. The molecule has 0 saturated carbocycles. The minimum atomic E-state index is -0.367. The second-order valence-corrected chi connectivity index (χ2v) is 9.26. The van der Waals surface area contributed by atoms with E-state index in [1.54, 1.807) is 17.4 Å². The number of aryl methyl sites for hydroxylation is 1. The van der Waals surface area contributed by atoms with Gasteiger partial charge in [-0.05, 0) is 71.5 Å². The molecule has 1 N–H and O–H groups in total. The van der Waals surface area contributed by atoms with E-state index in [-0.39, 0.29) is 5.82 Å². The number of rotatable bonds is 3. The molecule has 0 bridgehead atoms. The molecule has 0 spiro atoms. The monoisotopic (exact) mass is 533 g/mol. The highest BCUT2D eigenvalue weighted by molar-refractivity contribution is 14.1. The third-order valence-electron chi connectivity index (χ3n) is 4.81. The second-order valence-electron chi connectivity index (χ2n) is 6.68. The highest BCUT2D eigenvalue weighted by Crippen LogP contribution is 2.40. The molecular formula is C22H14ClFIN3S. The Balaban J connectivity index is 1.82. The molecule has 5 rings (SSSR count). The Morgan fingerprint density at radius 3 is 2.72 bits per heavy atom. The number of anilines is 2. The molecule has 144 valence electrons. The lowest BCUT2D eigenvalue weighted by Crippen LogP contribution is -2.00. The van der Waals surface area contributed by atoms with Crippen LogP contribution in [-0.2, 0) is 0 Å². The van der Waals surface area contributed by atoms with Crippen LogP contribution in [0.2, 0.25) is 5.02 Å². The van der Waals surface area contributed by atoms with Gasteiger partial charge in [0.1, 0.15) is 17.3 Å². The summed E-state index contributed by atoms with van der Waals surface area (Å²) >= 11 is 10.3. The Kier molecular flexibility index (Phi) is 4.72. The molecule has 3 nitrogen and oxygen atoms in total. The molecule has 0 unspecified atom stereocenters. The smallest absolute Gasteiger partial charge is 0.197 e. The first-order valence-corrected chi connectivity index (χ1v) is 11.2. The molecule has 0 atom stereocenters. The van der Waals surface area contributed by atoms with Gasteiger partial charge in [-0.15, -0.1) is 0 Å². The van der Waals surface area contributed by atoms with Gasteiger partial charge < -0.3 is 5.32 Å². The molecule has 0 aliphatic heterocycles. The van der Waals surface area contributed by atoms with Crippen LogP contribution in [0, 0.1) is 16.3 Å². The molecule has 7 heteroatoms. The van der Waals surface area contributed by atoms with E-state index >= 15 is 0 Å². The number of benzene rings is 3. The number of halogens is 3. The number of fused-ring (bicyclic) bond motifs is 3. The Hall–Kier alpha value is -2.16. The number of para-hydroxylation sites is 2. The molecule has 0 saturated heterocycles. The van der Waals surface area contributed by atoms with Crippen molar-refractivity contribution >= 4 is 72.2 Å². The summed E-state index contributed by atoms with van der Waals surface area (Å²) in [6.07, 6.45) is 0. The normalized spacial score (nSPS) is 11.4. The summed E-state index contributed by atoms with van der Waals surface area (Å²) in [6.45, 7) is 2.07. The molecule has 2 aromatic heterocycles. The van der Waals surface area contributed by atoms with Crippen molar-refractivity contribution in [3.05, 3.63) is 80.6 Å². The summed E-state index contributed by atoms with van der Waals surface area (Å²) in [4.78, 5) is 5.73. The molecule has 0 aliphatic rings. The zero-order chi connectivity index (χ0) is 20.1. The Labute approximate surface area is 189 Å². The predicted octanol–water partition coefficient (Wildman–Crippen LogP) is 7.67. The van der Waals surface area contributed by atoms with Crippen LogP contribution in [0.3, 0.4) is 0 Å². The largest absolute Gasteiger partial charge is 0.338 e. The van der Waals surface area contributed by atoms with Crippen molar-refractivity contribution in [2.24, 2.45) is 0 Å². The standard InChI is InChI=1S/C22H14ClFIN3S/c1-12-5-4-6-16(25)19(12)26-21-20(14-10-9-13(24)11-15(14)23)27-22-28(21)17-7-2-3-8-18(17)29-22/h2-11,26H,1H3. The highest BCUT2D eigenvalue weighted by Gasteiger charge is 2.21. The van der Waals surface area contributed by atoms with Crippen molar-refractivity contribution in [2.45, 2.75) is 6.92 Å². The van der Waals surface area contributed by atoms with Crippen LogP contribution in [0.25, 0.3) is 26.4 Å². The number of hydrogen-bond donors (Lipinski definition) is 1. The molecule has 0 aliphatic carbocycles. The van der Waals surface area contributed by atoms with Crippen molar-refractivity contribution in [2.75, 3.05) is 5.32 Å². The van der Waals surface area contributed by atoms with E-state index in [4.69, 9.17) is 16.6 Å². The van der Waals surface area contributed by atoms with Gasteiger partial charge in [0.05, 0.1) is 20.9 Å². The van der Waals surface area contributed by atoms with E-state index in [0.717, 1.165) is 35.8 Å². The van der Waals surface area contributed by atoms with Gasteiger partial charge in [-0.3, -0.25) is 4.40 Å². The number of nitrogens with one attached hydrogen (secondary N) is 1. The van der Waals surface area contributed by atoms with Gasteiger partial charge in [0.15, 0.2) is 4.96 Å². The number of thiazole rings is 1. The van der Waals surface area contributed by atoms with E-state index in [1.165, 1.54) is 12.1 Å². The predicted molar refractivity (Wildman–Crippen MR) is 128 cm³/mol. The van der Waals surface area contributed by atoms with Crippen LogP contribution < -0.4 is 5.32 Å². The van der Waals surface area contributed by atoms with Crippen LogP contribution in [0.5, 0.6) is 0 Å². The summed E-state index contributed by atoms with van der Waals surface area (Å²) in [6, 6.07) is 18.8. The average Bonchev–Trinajstić information content (AvgIpc) is 3.21. The van der Waals surface area contributed by atoms with Gasteiger partial charge in [0, 0.05) is 9.13 Å². The summed E-state index contributed by atoms with van der Waals surface area (Å²) in [5, 5.41) is 3.93. The Morgan fingerprint density at radius 1 is 1.10 bits per heavy atom. The van der Waals surface area contributed by atoms with Crippen molar-refractivity contribution in [3.63, 3.8) is 0 Å². The lowest BCUT2D eigenvalue weighted by molar-refractivity contribution is 0.628. The maximum absolute atomic E-state index is 13.6. The lowest BCUT2D eigenvalue weighted by Gasteiger charge is -2.13. The Bertz CT molecular complexity index is 1370. The molecule has 0 radical (unpaired) electrons. The molecular weight excluding hydrogens is 520 g/mol. The van der Waals surface area contributed by atoms with Gasteiger partial charge in [-0.2, -0.15) is 0 Å². The van der Waals surface area contributed by atoms with E-state index in [0.29, 0.717) is 16.3 Å². The molecule has 29 heavy (non-hydrogen) atoms. The number of hydrogen-bond acceptors (Lipinski definition) is 3. The minimum absolute atomic E-state index is 0.336. The fourth-order valence-electron chi connectivity index (χ4n) is 3.41. The van der Waals surface area contributed by atoms with E-state index in [9.17, 15) is 4.39 Å². The lowest BCUT2D eigenvalue weighted by atomic mass is 10.1. The number of imidazole rings is 1. The number of nitrogens with zero attached hydrogens (tertiary/aromatic N) is 2. The first kappa shape index (κ1) is 18.8. The first-order valence-electron chi connectivity index (χ1n) is 8.90. The molecule has 0 fully saturated rings. The maximum atomic E-state index is 13.6. The summed E-state index contributed by atoms with van der Waals surface area (Å²) < 4.78 is 18.0. The van der Waals surface area contributed by atoms with Crippen LogP contribution in [0.15, 0.2) is 60.7 Å². The van der Waals surface area contributed by atoms with E-state index in [1.807, 2.05) is 18.2 Å². The van der Waals surface area contributed by atoms with Gasteiger partial charge in [-0.25, -0.2) is 9.37 Å². The fraction of sp³-hybridized carbons (Fsp3) is 0.0455. The zero-order valence-corrected chi connectivity index (χ0v) is 18.9. The van der Waals surface area contributed by atoms with E-state index in [2.05, 4.69) is 63.5 Å². The zero-order valence-electron chi connectivity index (χ0n) is 15.2. The third kappa shape index (κ3) is 3.19. The van der Waals surface area contributed by atoms with Crippen molar-refractivity contribution in [1.29, 1.82) is 0 Å². The van der Waals surface area contributed by atoms with Crippen LogP contribution in [0.4, 0.5) is 15.9 Å². The quantitative estimate of drug-likeness (QED) is 0.241. The maximum Gasteiger partial charge on any atom is 0.197 e. The van der Waals surface area contributed by atoms with Gasteiger partial charge >= 0.3 is 0 Å². The average molecular weight is 534 g/mol. The molecule has 3 aromatic carbocycles. The van der Waals surface area contributed by atoms with Gasteiger partial charge in [0.2, 0.25) is 0 Å². The van der Waals surface area contributed by atoms with Crippen LogP contribution in [0.1, 0.15) is 5.56 Å². The summed E-state index contributed by atoms with van der Waals surface area (Å²) in [5.41, 5.74) is 4.60. The topological polar surface area (TPSA) is 29.3 Å². The summed E-state index contributed by atoms with van der Waals surface area (Å²) in [5.74, 6) is 0.450. The second kappa shape index (κ2) is 7.27. The SMILES string of the molecule is Cc1cccc(I)c1Nc1c(-c2ccc(F)cc2Cl)nc2sc3ccccc3n12. The van der Waals surface area contributed by atoms with Crippen molar-refractivity contribution < 1.29 is 4.39 Å². The van der Waals surface area contributed by atoms with Gasteiger partial charge in [-0.1, -0.05) is 47.2 Å². The molecule has 0 amide bonds. The first-order chi connectivity index (χ1) is 14.0. The Morgan fingerprint density at radius 2 is 1.93 bits per heavy atom. The minimum Gasteiger partial charge on any atom is -0.338 e. The van der Waals surface area contributed by atoms with Crippen molar-refractivity contribution in [3.8, 4) is 11.3 Å². The van der Waals surface area contributed by atoms with E-state index < -0.39 is 0 Å². The highest BCUT2D eigenvalue weighted by atomic mass is 127. The van der Waals surface area contributed by atoms with Crippen molar-refractivity contribution in [1.82, 2.24) is 9.38 Å². The molecule has 5 aromatic rings. The fourth-order valence-corrected chi connectivity index (χ4v) is 5.46. The number of aromatic nitrogens is 2. The van der Waals surface area contributed by atoms with Crippen LogP contribution >= 0.6 is 45.5 Å².